The Hall–Kier alpha value is -1.96. The second-order valence-corrected chi connectivity index (χ2v) is 6.53. The van der Waals surface area contributed by atoms with Gasteiger partial charge in [0.2, 0.25) is 0 Å². The van der Waals surface area contributed by atoms with Crippen molar-refractivity contribution >= 4 is 0 Å². The van der Waals surface area contributed by atoms with Crippen LogP contribution in [0.5, 0.6) is 11.5 Å². The summed E-state index contributed by atoms with van der Waals surface area (Å²) >= 11 is 0. The van der Waals surface area contributed by atoms with Gasteiger partial charge in [0.05, 0.1) is 13.2 Å². The van der Waals surface area contributed by atoms with Crippen molar-refractivity contribution in [2.75, 3.05) is 13.2 Å². The van der Waals surface area contributed by atoms with E-state index in [9.17, 15) is 0 Å². The first-order chi connectivity index (χ1) is 12.4. The molecule has 2 heteroatoms. The first-order valence-corrected chi connectivity index (χ1v) is 9.78. The Kier molecular flexibility index (Phi) is 9.61. The van der Waals surface area contributed by atoms with Gasteiger partial charge in [-0.3, -0.25) is 0 Å². The highest BCUT2D eigenvalue weighted by Crippen LogP contribution is 2.15. The second kappa shape index (κ2) is 12.4. The molecule has 0 atom stereocenters. The first-order valence-electron chi connectivity index (χ1n) is 9.78. The molecular weight excluding hydrogens is 308 g/mol. The minimum absolute atomic E-state index is 0.796. The van der Waals surface area contributed by atoms with E-state index >= 15 is 0 Å². The molecule has 0 bridgehead atoms. The number of hydrogen-bond acceptors (Lipinski definition) is 2. The predicted octanol–water partition coefficient (Wildman–Crippen LogP) is 6.44. The molecular formula is C23H32O2. The highest BCUT2D eigenvalue weighted by molar-refractivity contribution is 5.27. The van der Waals surface area contributed by atoms with E-state index in [1.807, 2.05) is 30.3 Å². The Morgan fingerprint density at radius 2 is 1.20 bits per heavy atom. The Morgan fingerprint density at radius 3 is 1.80 bits per heavy atom. The second-order valence-electron chi connectivity index (χ2n) is 6.53. The van der Waals surface area contributed by atoms with Gasteiger partial charge in [0.1, 0.15) is 11.5 Å². The van der Waals surface area contributed by atoms with Gasteiger partial charge < -0.3 is 9.47 Å². The fourth-order valence-corrected chi connectivity index (χ4v) is 2.79. The van der Waals surface area contributed by atoms with Gasteiger partial charge in [-0.25, -0.2) is 0 Å². The van der Waals surface area contributed by atoms with Crippen molar-refractivity contribution in [3.63, 3.8) is 0 Å². The minimum atomic E-state index is 0.796. The minimum Gasteiger partial charge on any atom is -0.494 e. The molecule has 0 saturated heterocycles. The molecule has 0 radical (unpaired) electrons. The van der Waals surface area contributed by atoms with E-state index in [1.54, 1.807) is 0 Å². The molecule has 25 heavy (non-hydrogen) atoms. The summed E-state index contributed by atoms with van der Waals surface area (Å²) in [4.78, 5) is 0. The molecule has 0 fully saturated rings. The molecule has 0 unspecified atom stereocenters. The van der Waals surface area contributed by atoms with Gasteiger partial charge in [-0.2, -0.15) is 0 Å². The molecule has 0 heterocycles. The van der Waals surface area contributed by atoms with Crippen molar-refractivity contribution in [2.24, 2.45) is 0 Å². The zero-order valence-electron chi connectivity index (χ0n) is 15.6. The van der Waals surface area contributed by atoms with Crippen LogP contribution in [0.15, 0.2) is 54.6 Å². The first kappa shape index (κ1) is 19.4. The maximum absolute atomic E-state index is 5.83. The molecule has 0 aliphatic heterocycles. The average molecular weight is 341 g/mol. The van der Waals surface area contributed by atoms with Crippen molar-refractivity contribution in [1.29, 1.82) is 0 Å². The van der Waals surface area contributed by atoms with E-state index in [1.165, 1.54) is 44.1 Å². The summed E-state index contributed by atoms with van der Waals surface area (Å²) in [6.45, 7) is 3.84. The van der Waals surface area contributed by atoms with E-state index < -0.39 is 0 Å². The zero-order valence-corrected chi connectivity index (χ0v) is 15.6. The topological polar surface area (TPSA) is 18.5 Å². The highest BCUT2D eigenvalue weighted by Gasteiger charge is 1.97. The van der Waals surface area contributed by atoms with Gasteiger partial charge >= 0.3 is 0 Å². The summed E-state index contributed by atoms with van der Waals surface area (Å²) < 4.78 is 11.5. The van der Waals surface area contributed by atoms with Gasteiger partial charge in [0.15, 0.2) is 0 Å². The normalized spacial score (nSPS) is 10.6. The van der Waals surface area contributed by atoms with Gasteiger partial charge in [0, 0.05) is 0 Å². The summed E-state index contributed by atoms with van der Waals surface area (Å²) in [5, 5.41) is 0. The molecule has 0 N–H and O–H groups in total. The van der Waals surface area contributed by atoms with E-state index in [2.05, 4.69) is 31.2 Å². The molecule has 136 valence electrons. The molecule has 0 aliphatic carbocycles. The Balaban J connectivity index is 1.47. The summed E-state index contributed by atoms with van der Waals surface area (Å²) in [5.41, 5.74) is 1.42. The van der Waals surface area contributed by atoms with Crippen molar-refractivity contribution in [1.82, 2.24) is 0 Å². The van der Waals surface area contributed by atoms with E-state index in [-0.39, 0.29) is 0 Å². The number of hydrogen-bond donors (Lipinski definition) is 0. The summed E-state index contributed by atoms with van der Waals surface area (Å²) in [5.74, 6) is 1.95. The maximum Gasteiger partial charge on any atom is 0.119 e. The van der Waals surface area contributed by atoms with Crippen molar-refractivity contribution in [3.8, 4) is 11.5 Å². The van der Waals surface area contributed by atoms with Crippen LogP contribution in [0, 0.1) is 0 Å². The Morgan fingerprint density at radius 1 is 0.600 bits per heavy atom. The lowest BCUT2D eigenvalue weighted by Gasteiger charge is -2.08. The van der Waals surface area contributed by atoms with Crippen LogP contribution in [0.2, 0.25) is 0 Å². The summed E-state index contributed by atoms with van der Waals surface area (Å²) in [6.07, 6.45) is 9.63. The van der Waals surface area contributed by atoms with E-state index in [0.29, 0.717) is 0 Å². The van der Waals surface area contributed by atoms with Crippen molar-refractivity contribution in [2.45, 2.75) is 58.3 Å². The third-order valence-corrected chi connectivity index (χ3v) is 4.31. The number of aryl methyl sites for hydroxylation is 1. The molecule has 0 aliphatic rings. The number of unbranched alkanes of at least 4 members (excludes halogenated alkanes) is 5. The van der Waals surface area contributed by atoms with Gasteiger partial charge in [-0.05, 0) is 68.4 Å². The van der Waals surface area contributed by atoms with Crippen LogP contribution in [-0.4, -0.2) is 13.2 Å². The molecule has 0 amide bonds. The quantitative estimate of drug-likeness (QED) is 0.391. The number of ether oxygens (including phenoxy) is 2. The number of rotatable bonds is 13. The molecule has 2 nitrogen and oxygen atoms in total. The lowest BCUT2D eigenvalue weighted by Crippen LogP contribution is -2.00. The van der Waals surface area contributed by atoms with Crippen LogP contribution in [-0.2, 0) is 6.42 Å². The third-order valence-electron chi connectivity index (χ3n) is 4.31. The van der Waals surface area contributed by atoms with Gasteiger partial charge in [0.25, 0.3) is 0 Å². The number of benzene rings is 2. The molecule has 0 aromatic heterocycles. The van der Waals surface area contributed by atoms with Crippen LogP contribution in [0.3, 0.4) is 0 Å². The van der Waals surface area contributed by atoms with Crippen LogP contribution < -0.4 is 9.47 Å². The lowest BCUT2D eigenvalue weighted by molar-refractivity contribution is 0.287. The Bertz CT molecular complexity index is 548. The van der Waals surface area contributed by atoms with Crippen LogP contribution in [0.1, 0.15) is 57.4 Å². The van der Waals surface area contributed by atoms with E-state index in [4.69, 9.17) is 9.47 Å². The van der Waals surface area contributed by atoms with Crippen LogP contribution >= 0.6 is 0 Å². The lowest BCUT2D eigenvalue weighted by atomic mass is 10.1. The van der Waals surface area contributed by atoms with Crippen molar-refractivity contribution in [3.05, 3.63) is 60.2 Å². The van der Waals surface area contributed by atoms with E-state index in [0.717, 1.165) is 37.6 Å². The molecule has 0 spiro atoms. The smallest absolute Gasteiger partial charge is 0.119 e. The fraction of sp³-hybridized carbons (Fsp3) is 0.478. The molecule has 2 aromatic carbocycles. The Labute approximate surface area is 153 Å². The summed E-state index contributed by atoms with van der Waals surface area (Å²) in [7, 11) is 0. The highest BCUT2D eigenvalue weighted by atomic mass is 16.5. The molecule has 2 aromatic rings. The van der Waals surface area contributed by atoms with Gasteiger partial charge in [-0.15, -0.1) is 0 Å². The molecule has 2 rings (SSSR count). The largest absolute Gasteiger partial charge is 0.494 e. The average Bonchev–Trinajstić information content (AvgIpc) is 2.66. The van der Waals surface area contributed by atoms with Gasteiger partial charge in [-0.1, -0.05) is 50.1 Å². The number of para-hydroxylation sites is 1. The molecule has 0 saturated carbocycles. The van der Waals surface area contributed by atoms with Crippen LogP contribution in [0.4, 0.5) is 0 Å². The predicted molar refractivity (Wildman–Crippen MR) is 106 cm³/mol. The summed E-state index contributed by atoms with van der Waals surface area (Å²) in [6, 6.07) is 18.6. The third kappa shape index (κ3) is 8.62. The van der Waals surface area contributed by atoms with Crippen molar-refractivity contribution < 1.29 is 9.47 Å². The zero-order chi connectivity index (χ0) is 17.6. The fourth-order valence-electron chi connectivity index (χ4n) is 2.79. The maximum atomic E-state index is 5.83. The van der Waals surface area contributed by atoms with Crippen LogP contribution in [0.25, 0.3) is 0 Å². The monoisotopic (exact) mass is 340 g/mol. The SMILES string of the molecule is CCCCCc1ccc(OCCCCCCOc2ccccc2)cc1. The standard InChI is InChI=1S/C23H32O2/c1-2-3-7-12-21-15-17-23(18-16-21)25-20-11-5-4-10-19-24-22-13-8-6-9-14-22/h6,8-9,13-18H,2-5,7,10-12,19-20H2,1H3.